The number of carbonyl (C=O) groups is 1. The van der Waals surface area contributed by atoms with Gasteiger partial charge in [-0.3, -0.25) is 19.6 Å². The Morgan fingerprint density at radius 2 is 1.69 bits per heavy atom. The van der Waals surface area contributed by atoms with Crippen LogP contribution in [0.4, 0.5) is 24.5 Å². The van der Waals surface area contributed by atoms with Crippen LogP contribution in [0.1, 0.15) is 22.5 Å². The number of amides is 1. The minimum Gasteiger partial charge on any atom is -0.457 e. The molecule has 0 aliphatic carbocycles. The van der Waals surface area contributed by atoms with Gasteiger partial charge in [0.1, 0.15) is 23.7 Å². The smallest absolute Gasteiger partial charge is 0.433 e. The number of ether oxygens (including phenoxy) is 1. The standard InChI is InChI=1S/C21H19F3N4O4/c1-12-4-13(2)6-17(5-12)32-18-9-15(8-16(10-18)28(30)31)25-20(29)11-27-19(21(22,23)24)7-14(3)26-27/h4-10H,11H2,1-3H3,(H,25,29). The number of hydrogen-bond acceptors (Lipinski definition) is 5. The first-order valence-corrected chi connectivity index (χ1v) is 9.38. The van der Waals surface area contributed by atoms with Crippen LogP contribution in [-0.2, 0) is 17.5 Å². The minimum atomic E-state index is -4.68. The first-order valence-electron chi connectivity index (χ1n) is 9.38. The minimum absolute atomic E-state index is 0.000937. The summed E-state index contributed by atoms with van der Waals surface area (Å²) in [5, 5.41) is 17.4. The van der Waals surface area contributed by atoms with Gasteiger partial charge < -0.3 is 10.1 Å². The molecule has 8 nitrogen and oxygen atoms in total. The van der Waals surface area contributed by atoms with Gasteiger partial charge in [0.15, 0.2) is 0 Å². The molecule has 3 rings (SSSR count). The largest absolute Gasteiger partial charge is 0.457 e. The highest BCUT2D eigenvalue weighted by molar-refractivity contribution is 5.91. The molecule has 168 valence electrons. The maximum Gasteiger partial charge on any atom is 0.433 e. The Kier molecular flexibility index (Phi) is 6.19. The first kappa shape index (κ1) is 22.8. The Balaban J connectivity index is 1.85. The van der Waals surface area contributed by atoms with Crippen LogP contribution in [-0.4, -0.2) is 20.6 Å². The van der Waals surface area contributed by atoms with Gasteiger partial charge in [0, 0.05) is 12.1 Å². The molecule has 0 atom stereocenters. The molecular formula is C21H19F3N4O4. The summed E-state index contributed by atoms with van der Waals surface area (Å²) in [7, 11) is 0. The molecule has 11 heteroatoms. The highest BCUT2D eigenvalue weighted by Crippen LogP contribution is 2.32. The van der Waals surface area contributed by atoms with Crippen molar-refractivity contribution >= 4 is 17.3 Å². The van der Waals surface area contributed by atoms with E-state index in [1.165, 1.54) is 19.1 Å². The second kappa shape index (κ2) is 8.69. The van der Waals surface area contributed by atoms with Crippen LogP contribution in [0.5, 0.6) is 11.5 Å². The molecule has 1 amide bonds. The van der Waals surface area contributed by atoms with E-state index in [0.29, 0.717) is 10.4 Å². The van der Waals surface area contributed by atoms with Crippen molar-refractivity contribution < 1.29 is 27.6 Å². The van der Waals surface area contributed by atoms with Crippen molar-refractivity contribution in [3.8, 4) is 11.5 Å². The van der Waals surface area contributed by atoms with Gasteiger partial charge in [0.25, 0.3) is 5.69 Å². The van der Waals surface area contributed by atoms with Crippen LogP contribution in [0, 0.1) is 30.9 Å². The molecule has 0 aliphatic rings. The third kappa shape index (κ3) is 5.62. The number of nitrogens with one attached hydrogen (secondary N) is 1. The summed E-state index contributed by atoms with van der Waals surface area (Å²) < 4.78 is 45.6. The average molecular weight is 448 g/mol. The van der Waals surface area contributed by atoms with Crippen molar-refractivity contribution in [2.24, 2.45) is 0 Å². The third-order valence-corrected chi connectivity index (χ3v) is 4.30. The van der Waals surface area contributed by atoms with Crippen LogP contribution in [0.15, 0.2) is 42.5 Å². The molecule has 0 fully saturated rings. The Morgan fingerprint density at radius 1 is 1.06 bits per heavy atom. The molecule has 1 heterocycles. The summed E-state index contributed by atoms with van der Waals surface area (Å²) in [5.41, 5.74) is 0.532. The maximum atomic E-state index is 13.1. The van der Waals surface area contributed by atoms with E-state index < -0.39 is 29.2 Å². The van der Waals surface area contributed by atoms with E-state index in [4.69, 9.17) is 4.74 Å². The van der Waals surface area contributed by atoms with Gasteiger partial charge in [0.05, 0.1) is 22.4 Å². The van der Waals surface area contributed by atoms with Crippen molar-refractivity contribution in [3.63, 3.8) is 0 Å². The van der Waals surface area contributed by atoms with Gasteiger partial charge in [-0.25, -0.2) is 0 Å². The predicted octanol–water partition coefficient (Wildman–Crippen LogP) is 5.17. The number of benzene rings is 2. The first-order chi connectivity index (χ1) is 14.9. The van der Waals surface area contributed by atoms with Crippen molar-refractivity contribution in [3.05, 3.63) is 75.1 Å². The summed E-state index contributed by atoms with van der Waals surface area (Å²) in [5.74, 6) is -0.302. The van der Waals surface area contributed by atoms with Crippen molar-refractivity contribution in [1.29, 1.82) is 0 Å². The number of nitro groups is 1. The Bertz CT molecular complexity index is 1170. The number of carbonyl (C=O) groups excluding carboxylic acids is 1. The Labute approximate surface area is 180 Å². The van der Waals surface area contributed by atoms with Crippen LogP contribution < -0.4 is 10.1 Å². The summed E-state index contributed by atoms with van der Waals surface area (Å²) in [4.78, 5) is 23.0. The van der Waals surface area contributed by atoms with Crippen molar-refractivity contribution in [1.82, 2.24) is 9.78 Å². The quantitative estimate of drug-likeness (QED) is 0.415. The number of anilines is 1. The van der Waals surface area contributed by atoms with Crippen LogP contribution >= 0.6 is 0 Å². The second-order valence-corrected chi connectivity index (χ2v) is 7.27. The molecule has 32 heavy (non-hydrogen) atoms. The number of rotatable bonds is 6. The Hall–Kier alpha value is -3.89. The normalized spacial score (nSPS) is 11.3. The highest BCUT2D eigenvalue weighted by atomic mass is 19.4. The number of nitro benzene ring substituents is 1. The zero-order valence-corrected chi connectivity index (χ0v) is 17.4. The van der Waals surface area contributed by atoms with Crippen molar-refractivity contribution in [2.75, 3.05) is 5.32 Å². The molecular weight excluding hydrogens is 429 g/mol. The SMILES string of the molecule is Cc1cc(C)cc(Oc2cc(NC(=O)Cn3nc(C)cc3C(F)(F)F)cc([N+](=O)[O-])c2)c1. The van der Waals surface area contributed by atoms with Gasteiger partial charge in [-0.15, -0.1) is 0 Å². The maximum absolute atomic E-state index is 13.1. The second-order valence-electron chi connectivity index (χ2n) is 7.27. The van der Waals surface area contributed by atoms with Gasteiger partial charge in [-0.05, 0) is 50.1 Å². The number of non-ortho nitro benzene ring substituents is 1. The fourth-order valence-electron chi connectivity index (χ4n) is 3.18. The molecule has 2 aromatic carbocycles. The molecule has 0 unspecified atom stereocenters. The molecule has 0 spiro atoms. The van der Waals surface area contributed by atoms with E-state index in [1.807, 2.05) is 19.9 Å². The zero-order chi connectivity index (χ0) is 23.6. The molecule has 0 saturated carbocycles. The lowest BCUT2D eigenvalue weighted by Crippen LogP contribution is -2.23. The highest BCUT2D eigenvalue weighted by Gasteiger charge is 2.35. The summed E-state index contributed by atoms with van der Waals surface area (Å²) in [6.45, 7) is 4.38. The van der Waals surface area contributed by atoms with E-state index in [9.17, 15) is 28.1 Å². The summed E-state index contributed by atoms with van der Waals surface area (Å²) in [6.07, 6.45) is -4.68. The van der Waals surface area contributed by atoms with Crippen LogP contribution in [0.3, 0.4) is 0 Å². The number of alkyl halides is 3. The number of hydrogen-bond donors (Lipinski definition) is 1. The van der Waals surface area contributed by atoms with E-state index in [-0.39, 0.29) is 22.8 Å². The molecule has 3 aromatic rings. The zero-order valence-electron chi connectivity index (χ0n) is 17.4. The van der Waals surface area contributed by atoms with E-state index in [1.54, 1.807) is 12.1 Å². The van der Waals surface area contributed by atoms with Crippen LogP contribution in [0.25, 0.3) is 0 Å². The lowest BCUT2D eigenvalue weighted by atomic mass is 10.1. The van der Waals surface area contributed by atoms with E-state index in [0.717, 1.165) is 23.3 Å². The lowest BCUT2D eigenvalue weighted by Gasteiger charge is -2.12. The molecule has 1 aromatic heterocycles. The molecule has 0 radical (unpaired) electrons. The summed E-state index contributed by atoms with van der Waals surface area (Å²) >= 11 is 0. The molecule has 0 aliphatic heterocycles. The van der Waals surface area contributed by atoms with Gasteiger partial charge in [-0.1, -0.05) is 6.07 Å². The summed E-state index contributed by atoms with van der Waals surface area (Å²) in [6, 6.07) is 9.86. The fourth-order valence-corrected chi connectivity index (χ4v) is 3.18. The van der Waals surface area contributed by atoms with Gasteiger partial charge in [0.2, 0.25) is 5.91 Å². The fraction of sp³-hybridized carbons (Fsp3) is 0.238. The number of aryl methyl sites for hydroxylation is 3. The van der Waals surface area contributed by atoms with Crippen LogP contribution in [0.2, 0.25) is 0 Å². The van der Waals surface area contributed by atoms with E-state index in [2.05, 4.69) is 10.4 Å². The molecule has 0 saturated heterocycles. The van der Waals surface area contributed by atoms with Gasteiger partial charge in [-0.2, -0.15) is 18.3 Å². The van der Waals surface area contributed by atoms with Crippen molar-refractivity contribution in [2.45, 2.75) is 33.5 Å². The third-order valence-electron chi connectivity index (χ3n) is 4.30. The monoisotopic (exact) mass is 448 g/mol. The Morgan fingerprint density at radius 3 is 2.28 bits per heavy atom. The number of nitrogens with zero attached hydrogens (tertiary/aromatic N) is 3. The topological polar surface area (TPSA) is 99.3 Å². The average Bonchev–Trinajstić information content (AvgIpc) is 3.00. The molecule has 0 bridgehead atoms. The number of halogens is 3. The van der Waals surface area contributed by atoms with Gasteiger partial charge >= 0.3 is 6.18 Å². The number of aromatic nitrogens is 2. The van der Waals surface area contributed by atoms with E-state index >= 15 is 0 Å². The molecule has 1 N–H and O–H groups in total. The predicted molar refractivity (Wildman–Crippen MR) is 110 cm³/mol. The lowest BCUT2D eigenvalue weighted by molar-refractivity contribution is -0.384.